The minimum Gasteiger partial charge on any atom is -0.305 e. The van der Waals surface area contributed by atoms with Crippen molar-refractivity contribution in [2.24, 2.45) is 7.05 Å². The second-order valence-corrected chi connectivity index (χ2v) is 5.94. The maximum absolute atomic E-state index is 13.8. The Hall–Kier alpha value is -3.95. The molecular formula is C18H16FN5O4. The number of aromatic nitrogens is 2. The van der Waals surface area contributed by atoms with E-state index in [4.69, 9.17) is 0 Å². The molecule has 2 amide bonds. The number of carbonyl (C=O) groups is 1. The van der Waals surface area contributed by atoms with Gasteiger partial charge >= 0.3 is 6.03 Å². The number of non-ortho nitro benzene ring substituents is 1. The number of benzene rings is 2. The maximum Gasteiger partial charge on any atom is 0.323 e. The standard InChI is InChI=1S/C18H16FN5O4/c1-11-16(17(25)23(22(11)2)12-6-4-3-5-7-12)21-18(26)20-15-10-13(24(27)28)8-9-14(15)19/h3-10H,1-2H3,(H2,20,21,26). The first kappa shape index (κ1) is 18.8. The maximum atomic E-state index is 13.8. The van der Waals surface area contributed by atoms with Crippen molar-refractivity contribution in [3.63, 3.8) is 0 Å². The van der Waals surface area contributed by atoms with Crippen molar-refractivity contribution in [3.05, 3.63) is 80.5 Å². The highest BCUT2D eigenvalue weighted by atomic mass is 19.1. The molecule has 1 heterocycles. The Kier molecular flexibility index (Phi) is 4.94. The Balaban J connectivity index is 1.89. The van der Waals surface area contributed by atoms with Gasteiger partial charge in [-0.1, -0.05) is 18.2 Å². The van der Waals surface area contributed by atoms with E-state index in [-0.39, 0.29) is 17.1 Å². The van der Waals surface area contributed by atoms with E-state index in [1.54, 1.807) is 42.9 Å². The van der Waals surface area contributed by atoms with Crippen molar-refractivity contribution in [1.29, 1.82) is 0 Å². The molecule has 0 saturated heterocycles. The molecule has 1 aromatic heterocycles. The van der Waals surface area contributed by atoms with Crippen LogP contribution in [0.5, 0.6) is 0 Å². The molecule has 0 aliphatic heterocycles. The highest BCUT2D eigenvalue weighted by Crippen LogP contribution is 2.21. The van der Waals surface area contributed by atoms with Crippen molar-refractivity contribution in [3.8, 4) is 5.69 Å². The average Bonchev–Trinajstić information content (AvgIpc) is 2.87. The van der Waals surface area contributed by atoms with Crippen molar-refractivity contribution in [2.75, 3.05) is 10.6 Å². The number of hydrogen-bond donors (Lipinski definition) is 2. The van der Waals surface area contributed by atoms with Crippen LogP contribution in [-0.4, -0.2) is 20.3 Å². The molecule has 2 aromatic carbocycles. The van der Waals surface area contributed by atoms with Crippen LogP contribution in [0.25, 0.3) is 5.69 Å². The van der Waals surface area contributed by atoms with E-state index in [2.05, 4.69) is 10.6 Å². The van der Waals surface area contributed by atoms with E-state index >= 15 is 0 Å². The van der Waals surface area contributed by atoms with E-state index in [1.807, 2.05) is 6.07 Å². The molecule has 0 saturated carbocycles. The molecule has 144 valence electrons. The van der Waals surface area contributed by atoms with Gasteiger partial charge in [0.2, 0.25) is 0 Å². The van der Waals surface area contributed by atoms with Crippen LogP contribution in [0.3, 0.4) is 0 Å². The molecule has 10 heteroatoms. The molecule has 28 heavy (non-hydrogen) atoms. The lowest BCUT2D eigenvalue weighted by atomic mass is 10.2. The SMILES string of the molecule is Cc1c(NC(=O)Nc2cc([N+](=O)[O-])ccc2F)c(=O)n(-c2ccccc2)n1C. The van der Waals surface area contributed by atoms with Gasteiger partial charge in [0.15, 0.2) is 0 Å². The molecule has 0 atom stereocenters. The third-order valence-corrected chi connectivity index (χ3v) is 4.20. The predicted molar refractivity (Wildman–Crippen MR) is 101 cm³/mol. The topological polar surface area (TPSA) is 111 Å². The summed E-state index contributed by atoms with van der Waals surface area (Å²) in [6.07, 6.45) is 0. The van der Waals surface area contributed by atoms with Crippen molar-refractivity contribution in [2.45, 2.75) is 6.92 Å². The number of hydrogen-bond acceptors (Lipinski definition) is 4. The van der Waals surface area contributed by atoms with E-state index in [0.717, 1.165) is 18.2 Å². The van der Waals surface area contributed by atoms with Gasteiger partial charge in [0.25, 0.3) is 11.2 Å². The summed E-state index contributed by atoms with van der Waals surface area (Å²) in [7, 11) is 1.66. The molecule has 3 aromatic rings. The Morgan fingerprint density at radius 2 is 1.82 bits per heavy atom. The molecule has 9 nitrogen and oxygen atoms in total. The molecule has 3 rings (SSSR count). The molecular weight excluding hydrogens is 369 g/mol. The van der Waals surface area contributed by atoms with Crippen LogP contribution >= 0.6 is 0 Å². The first-order chi connectivity index (χ1) is 13.3. The number of rotatable bonds is 4. The monoisotopic (exact) mass is 385 g/mol. The lowest BCUT2D eigenvalue weighted by molar-refractivity contribution is -0.384. The van der Waals surface area contributed by atoms with Crippen LogP contribution in [0.4, 0.5) is 26.2 Å². The summed E-state index contributed by atoms with van der Waals surface area (Å²) in [6, 6.07) is 10.7. The Bertz CT molecular complexity index is 1120. The minimum absolute atomic E-state index is 0.00897. The number of nitro groups is 1. The Morgan fingerprint density at radius 3 is 2.46 bits per heavy atom. The zero-order valence-electron chi connectivity index (χ0n) is 15.0. The summed E-state index contributed by atoms with van der Waals surface area (Å²) in [5.74, 6) is -0.841. The smallest absolute Gasteiger partial charge is 0.305 e. The van der Waals surface area contributed by atoms with E-state index in [0.29, 0.717) is 11.4 Å². The van der Waals surface area contributed by atoms with E-state index in [9.17, 15) is 24.1 Å². The van der Waals surface area contributed by atoms with Crippen molar-refractivity contribution >= 4 is 23.1 Å². The molecule has 0 aliphatic rings. The number of anilines is 2. The zero-order chi connectivity index (χ0) is 20.4. The largest absolute Gasteiger partial charge is 0.323 e. The number of para-hydroxylation sites is 1. The van der Waals surface area contributed by atoms with Gasteiger partial charge in [-0.15, -0.1) is 0 Å². The number of urea groups is 1. The van der Waals surface area contributed by atoms with Crippen LogP contribution in [0.15, 0.2) is 53.3 Å². The molecule has 2 N–H and O–H groups in total. The predicted octanol–water partition coefficient (Wildman–Crippen LogP) is 3.18. The van der Waals surface area contributed by atoms with Gasteiger partial charge < -0.3 is 10.6 Å². The van der Waals surface area contributed by atoms with Gasteiger partial charge in [0.1, 0.15) is 11.5 Å². The molecule has 0 unspecified atom stereocenters. The molecule has 0 radical (unpaired) electrons. The van der Waals surface area contributed by atoms with E-state index < -0.39 is 22.3 Å². The molecule has 0 fully saturated rings. The highest BCUT2D eigenvalue weighted by Gasteiger charge is 2.19. The van der Waals surface area contributed by atoms with Crippen LogP contribution in [0.1, 0.15) is 5.69 Å². The zero-order valence-corrected chi connectivity index (χ0v) is 15.0. The Labute approximate surface area is 158 Å². The summed E-state index contributed by atoms with van der Waals surface area (Å²) in [5.41, 5.74) is -0.127. The normalized spacial score (nSPS) is 10.5. The molecule has 0 aliphatic carbocycles. The Morgan fingerprint density at radius 1 is 1.14 bits per heavy atom. The van der Waals surface area contributed by atoms with Crippen LogP contribution < -0.4 is 16.2 Å². The van der Waals surface area contributed by atoms with Crippen LogP contribution in [0, 0.1) is 22.9 Å². The van der Waals surface area contributed by atoms with Gasteiger partial charge in [-0.2, -0.15) is 0 Å². The fraction of sp³-hybridized carbons (Fsp3) is 0.111. The van der Waals surface area contributed by atoms with Crippen molar-refractivity contribution < 1.29 is 14.1 Å². The quantitative estimate of drug-likeness (QED) is 0.531. The van der Waals surface area contributed by atoms with Gasteiger partial charge in [0, 0.05) is 19.2 Å². The highest BCUT2D eigenvalue weighted by molar-refractivity contribution is 6.00. The summed E-state index contributed by atoms with van der Waals surface area (Å²) in [5, 5.41) is 15.4. The third-order valence-electron chi connectivity index (χ3n) is 4.20. The van der Waals surface area contributed by atoms with E-state index in [1.165, 1.54) is 4.68 Å². The molecule has 0 spiro atoms. The minimum atomic E-state index is -0.898. The lowest BCUT2D eigenvalue weighted by Gasteiger charge is -2.08. The number of nitrogens with one attached hydrogen (secondary N) is 2. The second kappa shape index (κ2) is 7.35. The number of nitrogens with zero attached hydrogens (tertiary/aromatic N) is 3. The summed E-state index contributed by atoms with van der Waals surface area (Å²) >= 11 is 0. The number of amides is 2. The van der Waals surface area contributed by atoms with Crippen LogP contribution in [0.2, 0.25) is 0 Å². The molecule has 0 bridgehead atoms. The lowest BCUT2D eigenvalue weighted by Crippen LogP contribution is -2.25. The fourth-order valence-corrected chi connectivity index (χ4v) is 2.70. The van der Waals surface area contributed by atoms with Gasteiger partial charge in [0.05, 0.1) is 22.0 Å². The number of nitro benzene ring substituents is 1. The number of halogens is 1. The second-order valence-electron chi connectivity index (χ2n) is 5.94. The van der Waals surface area contributed by atoms with Gasteiger partial charge in [-0.05, 0) is 25.1 Å². The fourth-order valence-electron chi connectivity index (χ4n) is 2.70. The average molecular weight is 385 g/mol. The number of carbonyl (C=O) groups excluding carboxylic acids is 1. The first-order valence-electron chi connectivity index (χ1n) is 8.15. The van der Waals surface area contributed by atoms with Crippen molar-refractivity contribution in [1.82, 2.24) is 9.36 Å². The summed E-state index contributed by atoms with van der Waals surface area (Å²) in [6.45, 7) is 1.64. The van der Waals surface area contributed by atoms with Crippen LogP contribution in [-0.2, 0) is 7.05 Å². The van der Waals surface area contributed by atoms with Gasteiger partial charge in [-0.25, -0.2) is 13.9 Å². The first-order valence-corrected chi connectivity index (χ1v) is 8.15. The van der Waals surface area contributed by atoms with Gasteiger partial charge in [-0.3, -0.25) is 19.6 Å². The summed E-state index contributed by atoms with van der Waals surface area (Å²) < 4.78 is 16.8. The summed E-state index contributed by atoms with van der Waals surface area (Å²) in [4.78, 5) is 35.1. The third kappa shape index (κ3) is 3.47.